The van der Waals surface area contributed by atoms with Gasteiger partial charge in [-0.1, -0.05) is 32.9 Å². The lowest BCUT2D eigenvalue weighted by Crippen LogP contribution is -2.55. The lowest BCUT2D eigenvalue weighted by Gasteiger charge is -2.33. The average molecular weight is 419 g/mol. The van der Waals surface area contributed by atoms with Crippen molar-refractivity contribution >= 4 is 25.0 Å². The van der Waals surface area contributed by atoms with Crippen molar-refractivity contribution < 1.29 is 33.5 Å². The van der Waals surface area contributed by atoms with E-state index in [1.807, 2.05) is 13.8 Å². The number of hydrogen-bond acceptors (Lipinski definition) is 6. The summed E-state index contributed by atoms with van der Waals surface area (Å²) in [6.45, 7) is 7.39. The molecule has 0 radical (unpaired) electrons. The van der Waals surface area contributed by atoms with E-state index in [1.165, 1.54) is 6.07 Å². The van der Waals surface area contributed by atoms with Gasteiger partial charge in [-0.25, -0.2) is 4.79 Å². The molecule has 0 bridgehead atoms. The fraction of sp³-hybridized carbons (Fsp3) is 0.571. The Balaban J connectivity index is 2.13. The normalized spacial score (nSPS) is 16.4. The first-order chi connectivity index (χ1) is 14.3. The first kappa shape index (κ1) is 23.7. The summed E-state index contributed by atoms with van der Waals surface area (Å²) in [5.74, 6) is -1.94. The van der Waals surface area contributed by atoms with Crippen LogP contribution in [0.5, 0.6) is 5.75 Å². The first-order valence-electron chi connectivity index (χ1n) is 10.4. The van der Waals surface area contributed by atoms with Gasteiger partial charge in [-0.3, -0.25) is 9.59 Å². The average Bonchev–Trinajstić information content (AvgIpc) is 2.72. The van der Waals surface area contributed by atoms with Gasteiger partial charge in [0.2, 0.25) is 5.91 Å². The van der Waals surface area contributed by atoms with Gasteiger partial charge in [0.15, 0.2) is 0 Å². The number of esters is 1. The second-order valence-electron chi connectivity index (χ2n) is 7.41. The summed E-state index contributed by atoms with van der Waals surface area (Å²) in [6, 6.07) is 4.87. The molecule has 2 rings (SSSR count). The Labute approximate surface area is 177 Å². The van der Waals surface area contributed by atoms with Crippen LogP contribution in [0.3, 0.4) is 0 Å². The number of hydrogen-bond donors (Lipinski definition) is 2. The molecule has 164 valence electrons. The van der Waals surface area contributed by atoms with Crippen molar-refractivity contribution in [3.05, 3.63) is 29.3 Å². The second-order valence-corrected chi connectivity index (χ2v) is 7.41. The van der Waals surface area contributed by atoms with Gasteiger partial charge in [-0.2, -0.15) is 0 Å². The van der Waals surface area contributed by atoms with Crippen LogP contribution in [0.15, 0.2) is 18.2 Å². The molecule has 30 heavy (non-hydrogen) atoms. The van der Waals surface area contributed by atoms with E-state index in [9.17, 15) is 19.5 Å². The van der Waals surface area contributed by atoms with Crippen molar-refractivity contribution in [2.45, 2.75) is 65.4 Å². The zero-order chi connectivity index (χ0) is 22.3. The maximum Gasteiger partial charge on any atom is 0.550 e. The Kier molecular flexibility index (Phi) is 8.71. The number of rotatable bonds is 10. The standard InChI is InChI=1S/C21H30BNO7/c1-5-14(6-2)21(27)28-12-13(4)29-22-17(23-18(24)7-3)11-15-9-8-10-16(20(25)26)19(15)30-22/h8-10,13-14,17H,5-7,11-12H2,1-4H3,(H,23,24)(H,25,26). The van der Waals surface area contributed by atoms with Crippen LogP contribution in [0.1, 0.15) is 62.9 Å². The van der Waals surface area contributed by atoms with E-state index in [1.54, 1.807) is 26.0 Å². The fourth-order valence-corrected chi connectivity index (χ4v) is 3.34. The van der Waals surface area contributed by atoms with Gasteiger partial charge < -0.3 is 24.5 Å². The molecular formula is C21H30BNO7. The van der Waals surface area contributed by atoms with Crippen LogP contribution in [0.4, 0.5) is 0 Å². The molecule has 1 amide bonds. The Hall–Kier alpha value is -2.55. The van der Waals surface area contributed by atoms with Crippen molar-refractivity contribution in [3.8, 4) is 5.75 Å². The fourth-order valence-electron chi connectivity index (χ4n) is 3.34. The van der Waals surface area contributed by atoms with Crippen molar-refractivity contribution in [3.63, 3.8) is 0 Å². The SMILES string of the molecule is CCC(=O)NC1Cc2cccc(C(=O)O)c2OB1OC(C)COC(=O)C(CC)CC. The van der Waals surface area contributed by atoms with Crippen LogP contribution < -0.4 is 9.97 Å². The van der Waals surface area contributed by atoms with Gasteiger partial charge in [0.25, 0.3) is 0 Å². The highest BCUT2D eigenvalue weighted by Crippen LogP contribution is 2.31. The molecule has 2 unspecified atom stereocenters. The molecule has 1 aromatic rings. The molecule has 0 aliphatic carbocycles. The summed E-state index contributed by atoms with van der Waals surface area (Å²) in [6.07, 6.45) is 1.57. The lowest BCUT2D eigenvalue weighted by atomic mass is 9.71. The van der Waals surface area contributed by atoms with E-state index in [2.05, 4.69) is 5.32 Å². The highest BCUT2D eigenvalue weighted by atomic mass is 16.6. The number of fused-ring (bicyclic) bond motifs is 1. The van der Waals surface area contributed by atoms with E-state index in [0.717, 1.165) is 0 Å². The zero-order valence-electron chi connectivity index (χ0n) is 18.0. The minimum absolute atomic E-state index is 0.0363. The van der Waals surface area contributed by atoms with Gasteiger partial charge in [0.05, 0.1) is 23.5 Å². The number of para-hydroxylation sites is 1. The number of carboxylic acids is 1. The third-order valence-electron chi connectivity index (χ3n) is 5.14. The number of amides is 1. The zero-order valence-corrected chi connectivity index (χ0v) is 18.0. The molecule has 8 nitrogen and oxygen atoms in total. The van der Waals surface area contributed by atoms with Gasteiger partial charge in [-0.15, -0.1) is 0 Å². The number of nitrogens with one attached hydrogen (secondary N) is 1. The Bertz CT molecular complexity index is 766. The highest BCUT2D eigenvalue weighted by molar-refractivity contribution is 6.48. The van der Waals surface area contributed by atoms with Gasteiger partial charge in [-0.05, 0) is 37.8 Å². The maximum atomic E-state index is 12.1. The molecule has 0 fully saturated rings. The van der Waals surface area contributed by atoms with Crippen LogP contribution in [-0.4, -0.2) is 48.7 Å². The Morgan fingerprint density at radius 2 is 1.97 bits per heavy atom. The molecule has 2 N–H and O–H groups in total. The van der Waals surface area contributed by atoms with E-state index >= 15 is 0 Å². The topological polar surface area (TPSA) is 111 Å². The summed E-state index contributed by atoms with van der Waals surface area (Å²) in [7, 11) is -0.907. The Morgan fingerprint density at radius 1 is 1.27 bits per heavy atom. The highest BCUT2D eigenvalue weighted by Gasteiger charge is 2.41. The van der Waals surface area contributed by atoms with Crippen LogP contribution in [0.25, 0.3) is 0 Å². The molecule has 0 saturated heterocycles. The number of benzene rings is 1. The quantitative estimate of drug-likeness (QED) is 0.443. The number of aromatic carboxylic acids is 1. The minimum atomic E-state index is -1.10. The van der Waals surface area contributed by atoms with Gasteiger partial charge in [0, 0.05) is 6.42 Å². The molecule has 1 heterocycles. The van der Waals surface area contributed by atoms with Crippen LogP contribution in [0.2, 0.25) is 0 Å². The van der Waals surface area contributed by atoms with Gasteiger partial charge in [0.1, 0.15) is 12.4 Å². The van der Waals surface area contributed by atoms with E-state index < -0.39 is 25.1 Å². The molecule has 0 saturated carbocycles. The number of carbonyl (C=O) groups is 3. The summed E-state index contributed by atoms with van der Waals surface area (Å²) in [5, 5.41) is 12.3. The molecule has 2 atom stereocenters. The predicted octanol–water partition coefficient (Wildman–Crippen LogP) is 2.63. The van der Waals surface area contributed by atoms with Crippen molar-refractivity contribution in [2.75, 3.05) is 6.61 Å². The number of ether oxygens (including phenoxy) is 1. The van der Waals surface area contributed by atoms with Crippen LogP contribution in [0, 0.1) is 5.92 Å². The van der Waals surface area contributed by atoms with E-state index in [-0.39, 0.29) is 35.7 Å². The second kappa shape index (κ2) is 11.0. The molecule has 0 spiro atoms. The Morgan fingerprint density at radius 3 is 2.57 bits per heavy atom. The largest absolute Gasteiger partial charge is 0.550 e. The maximum absolute atomic E-state index is 12.1. The summed E-state index contributed by atoms with van der Waals surface area (Å²) < 4.78 is 17.2. The van der Waals surface area contributed by atoms with E-state index in [0.29, 0.717) is 31.2 Å². The summed E-state index contributed by atoms with van der Waals surface area (Å²) >= 11 is 0. The van der Waals surface area contributed by atoms with Crippen LogP contribution in [-0.2, 0) is 25.4 Å². The number of carboxylic acid groups (broad SMARTS) is 1. The van der Waals surface area contributed by atoms with E-state index in [4.69, 9.17) is 14.0 Å². The number of carbonyl (C=O) groups excluding carboxylic acids is 2. The molecule has 1 aromatic carbocycles. The molecule has 1 aliphatic rings. The summed E-state index contributed by atoms with van der Waals surface area (Å²) in [5.41, 5.74) is 0.721. The summed E-state index contributed by atoms with van der Waals surface area (Å²) in [4.78, 5) is 35.6. The lowest BCUT2D eigenvalue weighted by molar-refractivity contribution is -0.151. The van der Waals surface area contributed by atoms with Crippen molar-refractivity contribution in [2.24, 2.45) is 5.92 Å². The van der Waals surface area contributed by atoms with Crippen molar-refractivity contribution in [1.82, 2.24) is 5.32 Å². The van der Waals surface area contributed by atoms with Crippen molar-refractivity contribution in [1.29, 1.82) is 0 Å². The monoisotopic (exact) mass is 419 g/mol. The third kappa shape index (κ3) is 5.98. The molecule has 9 heteroatoms. The smallest absolute Gasteiger partial charge is 0.534 e. The predicted molar refractivity (Wildman–Crippen MR) is 111 cm³/mol. The molecular weight excluding hydrogens is 389 g/mol. The first-order valence-corrected chi connectivity index (χ1v) is 10.4. The molecule has 1 aliphatic heterocycles. The van der Waals surface area contributed by atoms with Crippen LogP contribution >= 0.6 is 0 Å². The molecule has 0 aromatic heterocycles. The minimum Gasteiger partial charge on any atom is -0.534 e. The van der Waals surface area contributed by atoms with Gasteiger partial charge >= 0.3 is 19.1 Å². The third-order valence-corrected chi connectivity index (χ3v) is 5.14.